The van der Waals surface area contributed by atoms with Crippen LogP contribution in [0.15, 0.2) is 30.6 Å². The molecule has 0 amide bonds. The van der Waals surface area contributed by atoms with E-state index in [-0.39, 0.29) is 22.6 Å². The molecule has 0 unspecified atom stereocenters. The Hall–Kier alpha value is -2.08. The molecular weight excluding hydrogens is 315 g/mol. The van der Waals surface area contributed by atoms with Crippen LogP contribution in [-0.4, -0.2) is 14.6 Å². The Bertz CT molecular complexity index is 893. The molecule has 0 saturated heterocycles. The first-order chi connectivity index (χ1) is 10.5. The molecule has 0 bridgehead atoms. The smallest absolute Gasteiger partial charge is 0.162 e. The average molecular weight is 324 g/mol. The van der Waals surface area contributed by atoms with Gasteiger partial charge in [-0.2, -0.15) is 5.10 Å². The Balaban J connectivity index is 1.77. The Morgan fingerprint density at radius 2 is 1.86 bits per heavy atom. The van der Waals surface area contributed by atoms with Gasteiger partial charge < -0.3 is 0 Å². The zero-order chi connectivity index (χ0) is 15.4. The topological polar surface area (TPSA) is 30.2 Å². The Morgan fingerprint density at radius 3 is 2.68 bits per heavy atom. The maximum absolute atomic E-state index is 13.9. The number of rotatable bonds is 2. The molecule has 1 saturated carbocycles. The lowest BCUT2D eigenvalue weighted by atomic mass is 10.0. The summed E-state index contributed by atoms with van der Waals surface area (Å²) < 4.78 is 42.1. The summed E-state index contributed by atoms with van der Waals surface area (Å²) in [6.07, 6.45) is 3.83. The summed E-state index contributed by atoms with van der Waals surface area (Å²) in [5.74, 6) is -3.31. The monoisotopic (exact) mass is 323 g/mol. The largest absolute Gasteiger partial charge is 0.235 e. The first-order valence-electron chi connectivity index (χ1n) is 6.69. The number of nitrogens with zero attached hydrogens (tertiary/aromatic N) is 3. The van der Waals surface area contributed by atoms with Crippen molar-refractivity contribution in [3.8, 4) is 0 Å². The summed E-state index contributed by atoms with van der Waals surface area (Å²) in [5, 5.41) is 4.36. The van der Waals surface area contributed by atoms with Crippen molar-refractivity contribution in [1.82, 2.24) is 14.6 Å². The lowest BCUT2D eigenvalue weighted by Crippen LogP contribution is -1.99. The molecule has 3 aromatic rings. The molecule has 7 heteroatoms. The summed E-state index contributed by atoms with van der Waals surface area (Å²) in [5.41, 5.74) is 1.48. The van der Waals surface area contributed by atoms with E-state index in [1.165, 1.54) is 4.52 Å². The highest BCUT2D eigenvalue weighted by Gasteiger charge is 2.43. The predicted octanol–water partition coefficient (Wildman–Crippen LogP) is 4.07. The maximum atomic E-state index is 13.9. The van der Waals surface area contributed by atoms with Crippen molar-refractivity contribution in [2.24, 2.45) is 0 Å². The van der Waals surface area contributed by atoms with Crippen molar-refractivity contribution >= 4 is 17.2 Å². The second-order valence-electron chi connectivity index (χ2n) is 5.36. The fraction of sp³-hybridized carbons (Fsp3) is 0.200. The highest BCUT2D eigenvalue weighted by atomic mass is 35.5. The number of hydrogen-bond donors (Lipinski definition) is 0. The minimum Gasteiger partial charge on any atom is -0.235 e. The molecule has 2 aromatic heterocycles. The fourth-order valence-electron chi connectivity index (χ4n) is 2.91. The van der Waals surface area contributed by atoms with Gasteiger partial charge in [-0.3, -0.25) is 0 Å². The molecule has 0 aliphatic heterocycles. The summed E-state index contributed by atoms with van der Waals surface area (Å²) in [6, 6.07) is 3.27. The van der Waals surface area contributed by atoms with E-state index in [0.717, 1.165) is 11.6 Å². The summed E-state index contributed by atoms with van der Waals surface area (Å²) >= 11 is 5.97. The van der Waals surface area contributed by atoms with E-state index in [9.17, 15) is 13.2 Å². The molecule has 2 heterocycles. The molecular formula is C15H9ClF3N3. The van der Waals surface area contributed by atoms with Crippen molar-refractivity contribution in [3.63, 3.8) is 0 Å². The summed E-state index contributed by atoms with van der Waals surface area (Å²) in [6.45, 7) is 0. The molecule has 0 spiro atoms. The predicted molar refractivity (Wildman–Crippen MR) is 74.4 cm³/mol. The summed E-state index contributed by atoms with van der Waals surface area (Å²) in [4.78, 5) is 4.21. The third kappa shape index (κ3) is 2.06. The quantitative estimate of drug-likeness (QED) is 0.665. The zero-order valence-corrected chi connectivity index (χ0v) is 11.9. The molecule has 1 fully saturated rings. The number of aromatic nitrogens is 3. The first kappa shape index (κ1) is 13.6. The van der Waals surface area contributed by atoms with Gasteiger partial charge in [0.05, 0.1) is 0 Å². The van der Waals surface area contributed by atoms with Gasteiger partial charge in [-0.15, -0.1) is 0 Å². The van der Waals surface area contributed by atoms with Crippen molar-refractivity contribution in [2.75, 3.05) is 0 Å². The van der Waals surface area contributed by atoms with Gasteiger partial charge in [-0.05, 0) is 36.0 Å². The molecule has 0 radical (unpaired) electrons. The molecule has 1 aliphatic rings. The highest BCUT2D eigenvalue weighted by Crippen LogP contribution is 2.56. The van der Waals surface area contributed by atoms with E-state index < -0.39 is 17.5 Å². The number of halogens is 4. The second kappa shape index (κ2) is 4.71. The van der Waals surface area contributed by atoms with E-state index in [1.54, 1.807) is 18.5 Å². The summed E-state index contributed by atoms with van der Waals surface area (Å²) in [7, 11) is 0. The molecule has 22 heavy (non-hydrogen) atoms. The molecule has 0 N–H and O–H groups in total. The van der Waals surface area contributed by atoms with Crippen LogP contribution in [0.25, 0.3) is 5.65 Å². The van der Waals surface area contributed by atoms with Gasteiger partial charge in [-0.25, -0.2) is 22.7 Å². The van der Waals surface area contributed by atoms with Crippen molar-refractivity contribution in [3.05, 3.63) is 64.3 Å². The van der Waals surface area contributed by atoms with E-state index >= 15 is 0 Å². The SMILES string of the molecule is Fc1cc(F)c(F)c([C@H]2C[C@@H]2c2cc(Cl)nn3ccnc23)c1. The molecule has 2 atom stereocenters. The highest BCUT2D eigenvalue weighted by molar-refractivity contribution is 6.29. The van der Waals surface area contributed by atoms with Crippen LogP contribution >= 0.6 is 11.6 Å². The van der Waals surface area contributed by atoms with E-state index in [0.29, 0.717) is 18.1 Å². The van der Waals surface area contributed by atoms with Crippen LogP contribution in [0.4, 0.5) is 13.2 Å². The molecule has 3 nitrogen and oxygen atoms in total. The van der Waals surface area contributed by atoms with Gasteiger partial charge in [0.2, 0.25) is 0 Å². The van der Waals surface area contributed by atoms with Gasteiger partial charge in [0.15, 0.2) is 17.3 Å². The van der Waals surface area contributed by atoms with Crippen molar-refractivity contribution < 1.29 is 13.2 Å². The number of imidazole rings is 1. The molecule has 112 valence electrons. The number of hydrogen-bond acceptors (Lipinski definition) is 2. The van der Waals surface area contributed by atoms with Crippen molar-refractivity contribution in [1.29, 1.82) is 0 Å². The van der Waals surface area contributed by atoms with Crippen LogP contribution in [0.3, 0.4) is 0 Å². The zero-order valence-electron chi connectivity index (χ0n) is 11.1. The van der Waals surface area contributed by atoms with E-state index in [1.807, 2.05) is 0 Å². The first-order valence-corrected chi connectivity index (χ1v) is 7.06. The minimum absolute atomic E-state index is 0.0557. The van der Waals surface area contributed by atoms with Gasteiger partial charge in [-0.1, -0.05) is 11.6 Å². The van der Waals surface area contributed by atoms with Gasteiger partial charge >= 0.3 is 0 Å². The second-order valence-corrected chi connectivity index (χ2v) is 5.74. The number of fused-ring (bicyclic) bond motifs is 1. The van der Waals surface area contributed by atoms with E-state index in [4.69, 9.17) is 11.6 Å². The van der Waals surface area contributed by atoms with E-state index in [2.05, 4.69) is 10.1 Å². The van der Waals surface area contributed by atoms with Crippen LogP contribution in [0, 0.1) is 17.5 Å². The van der Waals surface area contributed by atoms with Crippen LogP contribution in [0.1, 0.15) is 29.4 Å². The maximum Gasteiger partial charge on any atom is 0.162 e. The Labute approximate surface area is 128 Å². The third-order valence-electron chi connectivity index (χ3n) is 3.97. The number of benzene rings is 1. The van der Waals surface area contributed by atoms with Gasteiger partial charge in [0.25, 0.3) is 0 Å². The van der Waals surface area contributed by atoms with Crippen molar-refractivity contribution in [2.45, 2.75) is 18.3 Å². The molecule has 4 rings (SSSR count). The minimum atomic E-state index is -1.17. The lowest BCUT2D eigenvalue weighted by Gasteiger charge is -2.06. The van der Waals surface area contributed by atoms with Crippen LogP contribution in [0.5, 0.6) is 0 Å². The van der Waals surface area contributed by atoms with Gasteiger partial charge in [0.1, 0.15) is 11.0 Å². The normalized spacial score (nSPS) is 20.5. The third-order valence-corrected chi connectivity index (χ3v) is 4.15. The van der Waals surface area contributed by atoms with Crippen LogP contribution in [-0.2, 0) is 0 Å². The van der Waals surface area contributed by atoms with Crippen LogP contribution in [0.2, 0.25) is 5.15 Å². The molecule has 1 aromatic carbocycles. The Morgan fingerprint density at radius 1 is 1.09 bits per heavy atom. The fourth-order valence-corrected chi connectivity index (χ4v) is 3.11. The standard InChI is InChI=1S/C15H9ClF3N3/c16-13-6-11(15-20-1-2-22(15)21-13)9-5-8(9)10-3-7(17)4-12(18)14(10)19/h1-4,6,8-9H,5H2/t8-,9-/m0/s1. The Kier molecular flexibility index (Phi) is 2.91. The van der Waals surface area contributed by atoms with Crippen LogP contribution < -0.4 is 0 Å². The van der Waals surface area contributed by atoms with Gasteiger partial charge in [0, 0.05) is 24.0 Å². The average Bonchev–Trinajstić information content (AvgIpc) is 3.11. The molecule has 1 aliphatic carbocycles. The lowest BCUT2D eigenvalue weighted by molar-refractivity contribution is 0.484.